The molecule has 1 aliphatic rings. The zero-order chi connectivity index (χ0) is 15.9. The molecule has 0 spiro atoms. The molecule has 22 heavy (non-hydrogen) atoms. The second kappa shape index (κ2) is 8.10. The van der Waals surface area contributed by atoms with Crippen LogP contribution in [0.1, 0.15) is 24.8 Å². The van der Waals surface area contributed by atoms with E-state index in [4.69, 9.17) is 4.74 Å². The number of methoxy groups -OCH3 is 1. The van der Waals surface area contributed by atoms with Crippen molar-refractivity contribution in [3.8, 4) is 5.75 Å². The van der Waals surface area contributed by atoms with E-state index in [1.807, 2.05) is 7.05 Å². The summed E-state index contributed by atoms with van der Waals surface area (Å²) in [4.78, 5) is 12.9. The van der Waals surface area contributed by atoms with Gasteiger partial charge in [-0.1, -0.05) is 0 Å². The summed E-state index contributed by atoms with van der Waals surface area (Å²) >= 11 is 0. The fraction of sp³-hybridized carbons (Fsp3) is 0.625. The van der Waals surface area contributed by atoms with E-state index < -0.39 is 0 Å². The molecule has 1 aromatic carbocycles. The van der Waals surface area contributed by atoms with E-state index in [1.54, 1.807) is 19.2 Å². The van der Waals surface area contributed by atoms with Crippen molar-refractivity contribution in [1.29, 1.82) is 0 Å². The molecule has 0 aromatic heterocycles. The molecule has 0 amide bonds. The average molecular weight is 307 g/mol. The first kappa shape index (κ1) is 16.7. The van der Waals surface area contributed by atoms with Gasteiger partial charge in [-0.2, -0.15) is 0 Å². The Morgan fingerprint density at radius 2 is 2.14 bits per heavy atom. The molecule has 1 aliphatic heterocycles. The fourth-order valence-electron chi connectivity index (χ4n) is 3.02. The number of non-ortho nitro benzene ring substituents is 1. The van der Waals surface area contributed by atoms with E-state index in [-0.39, 0.29) is 10.6 Å². The second-order valence-electron chi connectivity index (χ2n) is 5.87. The Bertz CT molecular complexity index is 499. The lowest BCUT2D eigenvalue weighted by atomic mass is 9.93. The maximum Gasteiger partial charge on any atom is 0.270 e. The minimum atomic E-state index is -0.354. The fourth-order valence-corrected chi connectivity index (χ4v) is 3.02. The van der Waals surface area contributed by atoms with Crippen molar-refractivity contribution in [1.82, 2.24) is 10.2 Å². The molecular weight excluding hydrogens is 282 g/mol. The standard InChI is InChI=1S/C16H25N3O3/c1-17-8-5-13-6-9-18(10-7-13)12-14-11-15(19(20)21)3-4-16(14)22-2/h3-4,11,13,17H,5-10,12H2,1-2H3. The summed E-state index contributed by atoms with van der Waals surface area (Å²) in [6, 6.07) is 4.81. The quantitative estimate of drug-likeness (QED) is 0.619. The normalized spacial score (nSPS) is 16.6. The first-order valence-electron chi connectivity index (χ1n) is 7.82. The van der Waals surface area contributed by atoms with E-state index >= 15 is 0 Å². The van der Waals surface area contributed by atoms with Gasteiger partial charge >= 0.3 is 0 Å². The van der Waals surface area contributed by atoms with Crippen molar-refractivity contribution in [3.63, 3.8) is 0 Å². The number of hydrogen-bond acceptors (Lipinski definition) is 5. The van der Waals surface area contributed by atoms with Crippen molar-refractivity contribution >= 4 is 5.69 Å². The number of hydrogen-bond donors (Lipinski definition) is 1. The molecule has 0 atom stereocenters. The van der Waals surface area contributed by atoms with Gasteiger partial charge in [0.05, 0.1) is 12.0 Å². The van der Waals surface area contributed by atoms with E-state index in [0.29, 0.717) is 6.54 Å². The molecule has 1 aromatic rings. The smallest absolute Gasteiger partial charge is 0.270 e. The van der Waals surface area contributed by atoms with Crippen LogP contribution < -0.4 is 10.1 Å². The Kier molecular flexibility index (Phi) is 6.15. The molecule has 0 aliphatic carbocycles. The van der Waals surface area contributed by atoms with Crippen molar-refractivity contribution < 1.29 is 9.66 Å². The molecule has 6 heteroatoms. The van der Waals surface area contributed by atoms with Gasteiger partial charge < -0.3 is 10.1 Å². The van der Waals surface area contributed by atoms with Crippen molar-refractivity contribution in [2.24, 2.45) is 5.92 Å². The number of nitro benzene ring substituents is 1. The molecule has 2 rings (SSSR count). The molecule has 6 nitrogen and oxygen atoms in total. The highest BCUT2D eigenvalue weighted by atomic mass is 16.6. The summed E-state index contributed by atoms with van der Waals surface area (Å²) in [5.74, 6) is 1.51. The van der Waals surface area contributed by atoms with Crippen LogP contribution in [0.2, 0.25) is 0 Å². The summed E-state index contributed by atoms with van der Waals surface area (Å²) in [6.45, 7) is 3.87. The molecule has 1 heterocycles. The highest BCUT2D eigenvalue weighted by molar-refractivity contribution is 5.43. The SMILES string of the molecule is CNCCC1CCN(Cc2cc([N+](=O)[O-])ccc2OC)CC1. The van der Waals surface area contributed by atoms with Gasteiger partial charge in [0.15, 0.2) is 0 Å². The number of benzene rings is 1. The van der Waals surface area contributed by atoms with E-state index in [9.17, 15) is 10.1 Å². The first-order chi connectivity index (χ1) is 10.6. The van der Waals surface area contributed by atoms with Crippen LogP contribution in [0.4, 0.5) is 5.69 Å². The first-order valence-corrected chi connectivity index (χ1v) is 7.82. The lowest BCUT2D eigenvalue weighted by Crippen LogP contribution is -2.34. The largest absolute Gasteiger partial charge is 0.496 e. The number of piperidine rings is 1. The molecule has 1 fully saturated rings. The molecule has 122 valence electrons. The molecular formula is C16H25N3O3. The van der Waals surface area contributed by atoms with Gasteiger partial charge in [0, 0.05) is 24.2 Å². The van der Waals surface area contributed by atoms with Gasteiger partial charge in [0.1, 0.15) is 5.75 Å². The average Bonchev–Trinajstić information content (AvgIpc) is 2.54. The molecule has 0 bridgehead atoms. The van der Waals surface area contributed by atoms with Crippen LogP contribution >= 0.6 is 0 Å². The third kappa shape index (κ3) is 4.42. The van der Waals surface area contributed by atoms with Crippen molar-refractivity contribution in [2.45, 2.75) is 25.8 Å². The summed E-state index contributed by atoms with van der Waals surface area (Å²) in [5.41, 5.74) is 1.02. The van der Waals surface area contributed by atoms with Crippen LogP contribution in [0.5, 0.6) is 5.75 Å². The second-order valence-corrected chi connectivity index (χ2v) is 5.87. The predicted octanol–water partition coefficient (Wildman–Crippen LogP) is 2.42. The Morgan fingerprint density at radius 1 is 1.41 bits per heavy atom. The number of nitro groups is 1. The number of ether oxygens (including phenoxy) is 1. The number of nitrogens with one attached hydrogen (secondary N) is 1. The molecule has 1 N–H and O–H groups in total. The Labute approximate surface area is 131 Å². The predicted molar refractivity (Wildman–Crippen MR) is 86.2 cm³/mol. The molecule has 0 saturated carbocycles. The van der Waals surface area contributed by atoms with Crippen LogP contribution in [0, 0.1) is 16.0 Å². The van der Waals surface area contributed by atoms with Crippen LogP contribution in [0.25, 0.3) is 0 Å². The summed E-state index contributed by atoms with van der Waals surface area (Å²) in [7, 11) is 3.60. The monoisotopic (exact) mass is 307 g/mol. The number of rotatable bonds is 7. The lowest BCUT2D eigenvalue weighted by molar-refractivity contribution is -0.385. The van der Waals surface area contributed by atoms with Crippen LogP contribution in [-0.4, -0.2) is 43.6 Å². The molecule has 0 radical (unpaired) electrons. The summed E-state index contributed by atoms with van der Waals surface area (Å²) in [6.07, 6.45) is 3.61. The Morgan fingerprint density at radius 3 is 2.73 bits per heavy atom. The Balaban J connectivity index is 1.96. The number of nitrogens with zero attached hydrogens (tertiary/aromatic N) is 2. The topological polar surface area (TPSA) is 67.6 Å². The summed E-state index contributed by atoms with van der Waals surface area (Å²) in [5, 5.41) is 14.1. The zero-order valence-corrected chi connectivity index (χ0v) is 13.4. The van der Waals surface area contributed by atoms with Gasteiger partial charge in [0.2, 0.25) is 0 Å². The van der Waals surface area contributed by atoms with Gasteiger partial charge in [-0.3, -0.25) is 15.0 Å². The minimum absolute atomic E-state index is 0.125. The zero-order valence-electron chi connectivity index (χ0n) is 13.4. The van der Waals surface area contributed by atoms with Gasteiger partial charge in [-0.05, 0) is 57.9 Å². The van der Waals surface area contributed by atoms with E-state index in [0.717, 1.165) is 36.9 Å². The highest BCUT2D eigenvalue weighted by Gasteiger charge is 2.20. The number of likely N-dealkylation sites (tertiary alicyclic amines) is 1. The Hall–Kier alpha value is -1.66. The van der Waals surface area contributed by atoms with Gasteiger partial charge in [-0.15, -0.1) is 0 Å². The van der Waals surface area contributed by atoms with Gasteiger partial charge in [-0.25, -0.2) is 0 Å². The summed E-state index contributed by atoms with van der Waals surface area (Å²) < 4.78 is 5.34. The lowest BCUT2D eigenvalue weighted by Gasteiger charge is -2.32. The third-order valence-electron chi connectivity index (χ3n) is 4.38. The minimum Gasteiger partial charge on any atom is -0.496 e. The van der Waals surface area contributed by atoms with Crippen LogP contribution in [-0.2, 0) is 6.54 Å². The van der Waals surface area contributed by atoms with Crippen LogP contribution in [0.15, 0.2) is 18.2 Å². The van der Waals surface area contributed by atoms with E-state index in [1.165, 1.54) is 25.3 Å². The maximum absolute atomic E-state index is 10.9. The third-order valence-corrected chi connectivity index (χ3v) is 4.38. The maximum atomic E-state index is 10.9. The van der Waals surface area contributed by atoms with Crippen molar-refractivity contribution in [3.05, 3.63) is 33.9 Å². The van der Waals surface area contributed by atoms with E-state index in [2.05, 4.69) is 10.2 Å². The van der Waals surface area contributed by atoms with Crippen molar-refractivity contribution in [2.75, 3.05) is 33.8 Å². The molecule has 1 saturated heterocycles. The van der Waals surface area contributed by atoms with Gasteiger partial charge in [0.25, 0.3) is 5.69 Å². The molecule has 0 unspecified atom stereocenters. The highest BCUT2D eigenvalue weighted by Crippen LogP contribution is 2.27. The van der Waals surface area contributed by atoms with Crippen LogP contribution in [0.3, 0.4) is 0 Å².